The van der Waals surface area contributed by atoms with Crippen LogP contribution in [0.2, 0.25) is 0 Å². The Hall–Kier alpha value is -2.64. The van der Waals surface area contributed by atoms with Gasteiger partial charge in [-0.1, -0.05) is 30.3 Å². The van der Waals surface area contributed by atoms with E-state index in [9.17, 15) is 4.39 Å². The maximum Gasteiger partial charge on any atom is 0.194 e. The van der Waals surface area contributed by atoms with Crippen LogP contribution in [0.1, 0.15) is 24.2 Å². The van der Waals surface area contributed by atoms with Gasteiger partial charge in [0.15, 0.2) is 5.96 Å². The predicted octanol–water partition coefficient (Wildman–Crippen LogP) is 3.20. The van der Waals surface area contributed by atoms with E-state index < -0.39 is 0 Å². The van der Waals surface area contributed by atoms with Crippen LogP contribution in [-0.2, 0) is 16.0 Å². The molecule has 2 aromatic carbocycles. The Balaban J connectivity index is 1.44. The number of hydrogen-bond acceptors (Lipinski definition) is 4. The summed E-state index contributed by atoms with van der Waals surface area (Å²) in [5.74, 6) is 0.611. The molecular weight excluding hydrogens is 395 g/mol. The van der Waals surface area contributed by atoms with Gasteiger partial charge in [0.2, 0.25) is 0 Å². The zero-order chi connectivity index (χ0) is 21.6. The summed E-state index contributed by atoms with van der Waals surface area (Å²) in [4.78, 5) is 9.13. The molecule has 0 radical (unpaired) electrons. The SMILES string of the molecule is CN=C(NCc1ccccc1N1CCOCC1)N1CC(C)OC(c2ccc(F)cc2)C1. The monoisotopic (exact) mass is 426 g/mol. The summed E-state index contributed by atoms with van der Waals surface area (Å²) in [7, 11) is 1.81. The van der Waals surface area contributed by atoms with E-state index in [1.54, 1.807) is 12.1 Å². The van der Waals surface area contributed by atoms with Gasteiger partial charge in [-0.2, -0.15) is 0 Å². The van der Waals surface area contributed by atoms with Gasteiger partial charge in [-0.25, -0.2) is 4.39 Å². The fraction of sp³-hybridized carbons (Fsp3) is 0.458. The number of anilines is 1. The maximum absolute atomic E-state index is 13.3. The Bertz CT molecular complexity index is 883. The van der Waals surface area contributed by atoms with E-state index in [-0.39, 0.29) is 18.0 Å². The van der Waals surface area contributed by atoms with Gasteiger partial charge >= 0.3 is 0 Å². The van der Waals surface area contributed by atoms with Crippen LogP contribution < -0.4 is 10.2 Å². The van der Waals surface area contributed by atoms with Crippen molar-refractivity contribution in [2.24, 2.45) is 4.99 Å². The van der Waals surface area contributed by atoms with Crippen molar-refractivity contribution in [3.05, 3.63) is 65.5 Å². The van der Waals surface area contributed by atoms with Gasteiger partial charge in [0.05, 0.1) is 25.9 Å². The number of ether oxygens (including phenoxy) is 2. The highest BCUT2D eigenvalue weighted by atomic mass is 19.1. The third-order valence-electron chi connectivity index (χ3n) is 5.79. The smallest absolute Gasteiger partial charge is 0.194 e. The second-order valence-electron chi connectivity index (χ2n) is 8.02. The summed E-state index contributed by atoms with van der Waals surface area (Å²) >= 11 is 0. The van der Waals surface area contributed by atoms with Gasteiger partial charge in [0.1, 0.15) is 11.9 Å². The lowest BCUT2D eigenvalue weighted by Crippen LogP contribution is -2.50. The summed E-state index contributed by atoms with van der Waals surface area (Å²) in [6.07, 6.45) is -0.0773. The number of hydrogen-bond donors (Lipinski definition) is 1. The number of morpholine rings is 2. The summed E-state index contributed by atoms with van der Waals surface area (Å²) < 4.78 is 25.0. The molecule has 0 aromatic heterocycles. The molecule has 1 N–H and O–H groups in total. The number of guanidine groups is 1. The molecule has 2 saturated heterocycles. The van der Waals surface area contributed by atoms with Gasteiger partial charge in [-0.15, -0.1) is 0 Å². The first-order valence-corrected chi connectivity index (χ1v) is 10.9. The molecule has 0 bridgehead atoms. The predicted molar refractivity (Wildman–Crippen MR) is 121 cm³/mol. The highest BCUT2D eigenvalue weighted by Crippen LogP contribution is 2.26. The molecule has 2 aliphatic rings. The lowest BCUT2D eigenvalue weighted by Gasteiger charge is -2.39. The molecule has 31 heavy (non-hydrogen) atoms. The summed E-state index contributed by atoms with van der Waals surface area (Å²) in [5, 5.41) is 3.54. The average Bonchev–Trinajstić information content (AvgIpc) is 2.80. The van der Waals surface area contributed by atoms with Gasteiger partial charge in [-0.3, -0.25) is 4.99 Å². The minimum atomic E-state index is -0.235. The third kappa shape index (κ3) is 5.35. The number of aliphatic imine (C=N–C) groups is 1. The molecule has 0 amide bonds. The second kappa shape index (κ2) is 10.1. The molecule has 4 rings (SSSR count). The molecule has 6 nitrogen and oxygen atoms in total. The van der Waals surface area contributed by atoms with Gasteiger partial charge in [-0.05, 0) is 36.2 Å². The van der Waals surface area contributed by atoms with Crippen LogP contribution in [0.25, 0.3) is 0 Å². The Morgan fingerprint density at radius 3 is 2.58 bits per heavy atom. The Kier molecular flexibility index (Phi) is 7.04. The number of halogens is 1. The highest BCUT2D eigenvalue weighted by molar-refractivity contribution is 5.80. The van der Waals surface area contributed by atoms with E-state index in [0.717, 1.165) is 44.4 Å². The van der Waals surface area contributed by atoms with E-state index in [4.69, 9.17) is 9.47 Å². The first kappa shape index (κ1) is 21.6. The minimum Gasteiger partial charge on any atom is -0.378 e. The fourth-order valence-corrected chi connectivity index (χ4v) is 4.27. The lowest BCUT2D eigenvalue weighted by atomic mass is 10.1. The van der Waals surface area contributed by atoms with Crippen LogP contribution >= 0.6 is 0 Å². The van der Waals surface area contributed by atoms with E-state index >= 15 is 0 Å². The average molecular weight is 427 g/mol. The van der Waals surface area contributed by atoms with Crippen molar-refractivity contribution in [2.75, 3.05) is 51.3 Å². The number of nitrogens with one attached hydrogen (secondary N) is 1. The van der Waals surface area contributed by atoms with Crippen LogP contribution in [0.4, 0.5) is 10.1 Å². The summed E-state index contributed by atoms with van der Waals surface area (Å²) in [6, 6.07) is 15.1. The van der Waals surface area contributed by atoms with Crippen molar-refractivity contribution in [1.29, 1.82) is 0 Å². The van der Waals surface area contributed by atoms with E-state index in [1.807, 2.05) is 7.05 Å². The van der Waals surface area contributed by atoms with Crippen molar-refractivity contribution in [3.63, 3.8) is 0 Å². The topological polar surface area (TPSA) is 49.3 Å². The van der Waals surface area contributed by atoms with Gasteiger partial charge in [0, 0.05) is 38.9 Å². The van der Waals surface area contributed by atoms with Crippen LogP contribution in [0.5, 0.6) is 0 Å². The molecule has 0 saturated carbocycles. The number of rotatable bonds is 4. The molecule has 2 atom stereocenters. The normalized spacial score (nSPS) is 22.5. The molecular formula is C24H31FN4O2. The molecule has 2 heterocycles. The fourth-order valence-electron chi connectivity index (χ4n) is 4.27. The summed E-state index contributed by atoms with van der Waals surface area (Å²) in [5.41, 5.74) is 3.46. The zero-order valence-corrected chi connectivity index (χ0v) is 18.3. The second-order valence-corrected chi connectivity index (χ2v) is 8.02. The standard InChI is InChI=1S/C24H31FN4O2/c1-18-16-29(17-23(31-18)19-7-9-21(25)10-8-19)24(26-2)27-15-20-5-3-4-6-22(20)28-11-13-30-14-12-28/h3-10,18,23H,11-17H2,1-2H3,(H,26,27). The molecule has 2 aliphatic heterocycles. The first-order chi connectivity index (χ1) is 15.1. The van der Waals surface area contributed by atoms with Crippen molar-refractivity contribution in [2.45, 2.75) is 25.7 Å². The van der Waals surface area contributed by atoms with Gasteiger partial charge in [0.25, 0.3) is 0 Å². The van der Waals surface area contributed by atoms with Crippen LogP contribution in [0.3, 0.4) is 0 Å². The quantitative estimate of drug-likeness (QED) is 0.601. The molecule has 0 spiro atoms. The lowest BCUT2D eigenvalue weighted by molar-refractivity contribution is -0.0605. The molecule has 166 valence electrons. The Morgan fingerprint density at radius 2 is 1.84 bits per heavy atom. The highest BCUT2D eigenvalue weighted by Gasteiger charge is 2.28. The Morgan fingerprint density at radius 1 is 1.10 bits per heavy atom. The number of para-hydroxylation sites is 1. The molecule has 2 fully saturated rings. The number of nitrogens with zero attached hydrogens (tertiary/aromatic N) is 3. The maximum atomic E-state index is 13.3. The largest absolute Gasteiger partial charge is 0.378 e. The molecule has 2 aromatic rings. The van der Waals surface area contributed by atoms with Crippen molar-refractivity contribution >= 4 is 11.6 Å². The van der Waals surface area contributed by atoms with E-state index in [2.05, 4.69) is 51.3 Å². The molecule has 0 aliphatic carbocycles. The van der Waals surface area contributed by atoms with Crippen molar-refractivity contribution in [3.8, 4) is 0 Å². The number of benzene rings is 2. The molecule has 7 heteroatoms. The van der Waals surface area contributed by atoms with Crippen LogP contribution in [0, 0.1) is 5.82 Å². The van der Waals surface area contributed by atoms with Crippen molar-refractivity contribution < 1.29 is 13.9 Å². The zero-order valence-electron chi connectivity index (χ0n) is 18.3. The van der Waals surface area contributed by atoms with Gasteiger partial charge < -0.3 is 24.6 Å². The van der Waals surface area contributed by atoms with Crippen LogP contribution in [-0.4, -0.2) is 63.4 Å². The van der Waals surface area contributed by atoms with Crippen LogP contribution in [0.15, 0.2) is 53.5 Å². The Labute approximate surface area is 183 Å². The third-order valence-corrected chi connectivity index (χ3v) is 5.79. The first-order valence-electron chi connectivity index (χ1n) is 10.9. The molecule has 2 unspecified atom stereocenters. The van der Waals surface area contributed by atoms with E-state index in [1.165, 1.54) is 23.4 Å². The minimum absolute atomic E-state index is 0.0444. The van der Waals surface area contributed by atoms with Crippen molar-refractivity contribution in [1.82, 2.24) is 10.2 Å². The van der Waals surface area contributed by atoms with E-state index in [0.29, 0.717) is 13.1 Å². The summed E-state index contributed by atoms with van der Waals surface area (Å²) in [6.45, 7) is 7.51.